The maximum Gasteiger partial charge on any atom is 0.147 e. The Labute approximate surface area is 54.7 Å². The molecule has 0 unspecified atom stereocenters. The molecule has 3 heteroatoms. The summed E-state index contributed by atoms with van der Waals surface area (Å²) < 4.78 is 0. The first-order valence-electron chi connectivity index (χ1n) is 2.84. The van der Waals surface area contributed by atoms with Crippen LogP contribution in [0.5, 0.6) is 0 Å². The number of nitrogens with zero attached hydrogens (tertiary/aromatic N) is 2. The normalized spacial score (nSPS) is 17.4. The van der Waals surface area contributed by atoms with E-state index in [1.54, 1.807) is 12.4 Å². The van der Waals surface area contributed by atoms with Crippen molar-refractivity contribution in [1.29, 1.82) is 0 Å². The SMILES string of the molecule is CC(C)(N)C1=NC=C[N]1. The summed E-state index contributed by atoms with van der Waals surface area (Å²) >= 11 is 0. The van der Waals surface area contributed by atoms with Crippen molar-refractivity contribution in [2.75, 3.05) is 0 Å². The molecular formula is C6H10N3. The number of rotatable bonds is 1. The summed E-state index contributed by atoms with van der Waals surface area (Å²) in [6.07, 6.45) is 3.29. The van der Waals surface area contributed by atoms with E-state index in [4.69, 9.17) is 5.73 Å². The molecule has 9 heavy (non-hydrogen) atoms. The Kier molecular flexibility index (Phi) is 1.29. The van der Waals surface area contributed by atoms with Gasteiger partial charge in [0.2, 0.25) is 0 Å². The molecule has 1 aliphatic rings. The van der Waals surface area contributed by atoms with E-state index in [0.717, 1.165) is 0 Å². The number of hydrogen-bond acceptors (Lipinski definition) is 2. The first-order chi connectivity index (χ1) is 4.11. The van der Waals surface area contributed by atoms with E-state index in [2.05, 4.69) is 10.3 Å². The Bertz CT molecular complexity index is 162. The van der Waals surface area contributed by atoms with Crippen LogP contribution in [0.3, 0.4) is 0 Å². The zero-order chi connectivity index (χ0) is 6.91. The van der Waals surface area contributed by atoms with Crippen LogP contribution < -0.4 is 11.1 Å². The minimum atomic E-state index is -0.399. The third-order valence-electron chi connectivity index (χ3n) is 1.04. The van der Waals surface area contributed by atoms with Crippen molar-refractivity contribution >= 4 is 5.84 Å². The van der Waals surface area contributed by atoms with Crippen LogP contribution in [0.15, 0.2) is 17.4 Å². The summed E-state index contributed by atoms with van der Waals surface area (Å²) in [7, 11) is 0. The average Bonchev–Trinajstić information content (AvgIpc) is 2.08. The van der Waals surface area contributed by atoms with Crippen molar-refractivity contribution in [2.24, 2.45) is 10.7 Å². The fourth-order valence-electron chi connectivity index (χ4n) is 0.574. The molecule has 1 heterocycles. The second kappa shape index (κ2) is 1.84. The maximum absolute atomic E-state index is 5.68. The lowest BCUT2D eigenvalue weighted by atomic mass is 10.1. The lowest BCUT2D eigenvalue weighted by Crippen LogP contribution is -2.44. The minimum absolute atomic E-state index is 0.399. The monoisotopic (exact) mass is 124 g/mol. The van der Waals surface area contributed by atoms with Gasteiger partial charge in [-0.3, -0.25) is 0 Å². The molecule has 0 aromatic heterocycles. The van der Waals surface area contributed by atoms with Gasteiger partial charge < -0.3 is 5.73 Å². The Hall–Kier alpha value is -0.830. The van der Waals surface area contributed by atoms with Crippen LogP contribution in [-0.4, -0.2) is 11.4 Å². The van der Waals surface area contributed by atoms with Crippen LogP contribution >= 0.6 is 0 Å². The second-order valence-electron chi connectivity index (χ2n) is 2.60. The van der Waals surface area contributed by atoms with Crippen molar-refractivity contribution < 1.29 is 0 Å². The molecule has 0 saturated carbocycles. The number of nitrogens with two attached hydrogens (primary N) is 1. The molecule has 49 valence electrons. The van der Waals surface area contributed by atoms with Crippen LogP contribution in [0.25, 0.3) is 0 Å². The number of amidine groups is 1. The van der Waals surface area contributed by atoms with E-state index in [1.165, 1.54) is 0 Å². The van der Waals surface area contributed by atoms with Gasteiger partial charge in [0.15, 0.2) is 0 Å². The van der Waals surface area contributed by atoms with Crippen molar-refractivity contribution in [2.45, 2.75) is 19.4 Å². The topological polar surface area (TPSA) is 52.5 Å². The summed E-state index contributed by atoms with van der Waals surface area (Å²) in [6, 6.07) is 0. The molecule has 0 aliphatic carbocycles. The highest BCUT2D eigenvalue weighted by Crippen LogP contribution is 2.03. The quantitative estimate of drug-likeness (QED) is 0.533. The lowest BCUT2D eigenvalue weighted by Gasteiger charge is -2.16. The van der Waals surface area contributed by atoms with Gasteiger partial charge in [0.25, 0.3) is 0 Å². The van der Waals surface area contributed by atoms with Gasteiger partial charge in [-0.05, 0) is 13.8 Å². The van der Waals surface area contributed by atoms with Crippen LogP contribution in [0.1, 0.15) is 13.8 Å². The van der Waals surface area contributed by atoms with Gasteiger partial charge in [-0.15, -0.1) is 0 Å². The van der Waals surface area contributed by atoms with Crippen molar-refractivity contribution in [1.82, 2.24) is 5.32 Å². The zero-order valence-electron chi connectivity index (χ0n) is 5.63. The number of aliphatic imine (C=N–C) groups is 1. The van der Waals surface area contributed by atoms with E-state index in [-0.39, 0.29) is 0 Å². The molecule has 0 aromatic rings. The van der Waals surface area contributed by atoms with Gasteiger partial charge in [-0.1, -0.05) is 0 Å². The first kappa shape index (κ1) is 6.29. The fraction of sp³-hybridized carbons (Fsp3) is 0.500. The van der Waals surface area contributed by atoms with E-state index in [9.17, 15) is 0 Å². The third kappa shape index (κ3) is 1.29. The molecule has 0 saturated heterocycles. The summed E-state index contributed by atoms with van der Waals surface area (Å²) in [5.74, 6) is 0.697. The second-order valence-corrected chi connectivity index (χ2v) is 2.60. The molecule has 0 fully saturated rings. The maximum atomic E-state index is 5.68. The van der Waals surface area contributed by atoms with Crippen LogP contribution in [0.2, 0.25) is 0 Å². The summed E-state index contributed by atoms with van der Waals surface area (Å²) in [5, 5.41) is 3.95. The van der Waals surface area contributed by atoms with Crippen LogP contribution in [0.4, 0.5) is 0 Å². The largest absolute Gasteiger partial charge is 0.319 e. The molecule has 0 aromatic carbocycles. The molecule has 0 spiro atoms. The number of hydrogen-bond donors (Lipinski definition) is 1. The van der Waals surface area contributed by atoms with E-state index in [0.29, 0.717) is 5.84 Å². The van der Waals surface area contributed by atoms with E-state index < -0.39 is 5.54 Å². The molecule has 0 bridgehead atoms. The average molecular weight is 124 g/mol. The Balaban J connectivity index is 2.66. The van der Waals surface area contributed by atoms with Crippen LogP contribution in [0, 0.1) is 0 Å². The minimum Gasteiger partial charge on any atom is -0.319 e. The molecule has 2 N–H and O–H groups in total. The Morgan fingerprint density at radius 3 is 2.33 bits per heavy atom. The summed E-state index contributed by atoms with van der Waals surface area (Å²) in [6.45, 7) is 3.75. The molecule has 1 radical (unpaired) electrons. The molecule has 0 amide bonds. The van der Waals surface area contributed by atoms with Gasteiger partial charge >= 0.3 is 0 Å². The third-order valence-corrected chi connectivity index (χ3v) is 1.04. The fourth-order valence-corrected chi connectivity index (χ4v) is 0.574. The van der Waals surface area contributed by atoms with Crippen molar-refractivity contribution in [3.8, 4) is 0 Å². The van der Waals surface area contributed by atoms with Gasteiger partial charge in [0.1, 0.15) is 5.84 Å². The lowest BCUT2D eigenvalue weighted by molar-refractivity contribution is 0.682. The van der Waals surface area contributed by atoms with Crippen molar-refractivity contribution in [3.05, 3.63) is 12.4 Å². The van der Waals surface area contributed by atoms with Crippen molar-refractivity contribution in [3.63, 3.8) is 0 Å². The molecule has 1 aliphatic heterocycles. The zero-order valence-corrected chi connectivity index (χ0v) is 5.63. The molecule has 0 atom stereocenters. The molecule has 3 nitrogen and oxygen atoms in total. The van der Waals surface area contributed by atoms with Crippen LogP contribution in [-0.2, 0) is 0 Å². The molecular weight excluding hydrogens is 114 g/mol. The first-order valence-corrected chi connectivity index (χ1v) is 2.84. The smallest absolute Gasteiger partial charge is 0.147 e. The van der Waals surface area contributed by atoms with Gasteiger partial charge in [-0.2, -0.15) is 0 Å². The van der Waals surface area contributed by atoms with Gasteiger partial charge in [-0.25, -0.2) is 10.3 Å². The van der Waals surface area contributed by atoms with Gasteiger partial charge in [0, 0.05) is 12.4 Å². The predicted molar refractivity (Wildman–Crippen MR) is 37.0 cm³/mol. The predicted octanol–water partition coefficient (Wildman–Crippen LogP) is 0.211. The Morgan fingerprint density at radius 2 is 2.11 bits per heavy atom. The highest BCUT2D eigenvalue weighted by atomic mass is 15.1. The van der Waals surface area contributed by atoms with E-state index >= 15 is 0 Å². The summed E-state index contributed by atoms with van der Waals surface area (Å²) in [5.41, 5.74) is 5.28. The summed E-state index contributed by atoms with van der Waals surface area (Å²) in [4.78, 5) is 3.95. The Morgan fingerprint density at radius 1 is 1.44 bits per heavy atom. The van der Waals surface area contributed by atoms with Gasteiger partial charge in [0.05, 0.1) is 5.54 Å². The molecule has 1 rings (SSSR count). The standard InChI is InChI=1S/C6H10N3/c1-6(2,7)5-8-3-4-9-5/h3-4H,7H2,1-2H3. The van der Waals surface area contributed by atoms with E-state index in [1.807, 2.05) is 13.8 Å². The highest BCUT2D eigenvalue weighted by Gasteiger charge is 2.20. The highest BCUT2D eigenvalue weighted by molar-refractivity contribution is 5.92.